The lowest BCUT2D eigenvalue weighted by atomic mass is 9.80. The molecule has 3 fully saturated rings. The van der Waals surface area contributed by atoms with Crippen LogP contribution < -0.4 is 0 Å². The van der Waals surface area contributed by atoms with E-state index in [1.165, 1.54) is 13.2 Å². The maximum Gasteiger partial charge on any atom is 0.337 e. The fourth-order valence-electron chi connectivity index (χ4n) is 6.21. The number of fused-ring (bicyclic) bond motifs is 1. The average molecular weight is 585 g/mol. The van der Waals surface area contributed by atoms with E-state index in [0.29, 0.717) is 6.29 Å². The minimum absolute atomic E-state index is 0.00446. The monoisotopic (exact) mass is 584 g/mol. The zero-order valence-electron chi connectivity index (χ0n) is 22.6. The van der Waals surface area contributed by atoms with Crippen LogP contribution in [0.5, 0.6) is 0 Å². The Kier molecular flexibility index (Phi) is 9.82. The Hall–Kier alpha value is -2.88. The quantitative estimate of drug-likeness (QED) is 0.106. The molecule has 0 spiro atoms. The molecule has 1 aliphatic carbocycles. The number of aliphatic hydroxyl groups is 4. The van der Waals surface area contributed by atoms with Crippen LogP contribution in [-0.4, -0.2) is 108 Å². The van der Waals surface area contributed by atoms with E-state index in [0.717, 1.165) is 6.26 Å². The topological polar surface area (TPSA) is 205 Å². The molecule has 0 aromatic rings. The van der Waals surface area contributed by atoms with Crippen molar-refractivity contribution in [3.63, 3.8) is 0 Å². The van der Waals surface area contributed by atoms with Gasteiger partial charge in [0.2, 0.25) is 6.29 Å². The molecule has 0 radical (unpaired) electrons. The summed E-state index contributed by atoms with van der Waals surface area (Å²) >= 11 is 0. The van der Waals surface area contributed by atoms with Gasteiger partial charge in [-0.2, -0.15) is 0 Å². The Morgan fingerprint density at radius 2 is 1.90 bits per heavy atom. The zero-order valence-corrected chi connectivity index (χ0v) is 22.6. The van der Waals surface area contributed by atoms with Gasteiger partial charge >= 0.3 is 17.9 Å². The molecular weight excluding hydrogens is 548 g/mol. The molecule has 2 saturated heterocycles. The first-order chi connectivity index (χ1) is 19.6. The largest absolute Gasteiger partial charge is 0.471 e. The molecule has 3 heterocycles. The predicted molar refractivity (Wildman–Crippen MR) is 133 cm³/mol. The summed E-state index contributed by atoms with van der Waals surface area (Å²) in [5, 5.41) is 39.9. The number of aliphatic hydroxyl groups excluding tert-OH is 4. The molecule has 4 aliphatic rings. The lowest BCUT2D eigenvalue weighted by Gasteiger charge is -2.43. The Bertz CT molecular complexity index is 1040. The molecule has 41 heavy (non-hydrogen) atoms. The number of methoxy groups -OCH3 is 1. The van der Waals surface area contributed by atoms with Crippen LogP contribution in [0.3, 0.4) is 0 Å². The van der Waals surface area contributed by atoms with Crippen molar-refractivity contribution in [3.05, 3.63) is 24.5 Å². The lowest BCUT2D eigenvalue weighted by molar-refractivity contribution is -0.339. The highest BCUT2D eigenvalue weighted by molar-refractivity contribution is 5.90. The van der Waals surface area contributed by atoms with Gasteiger partial charge in [-0.05, 0) is 12.3 Å². The number of cyclic esters (lactones) is 1. The standard InChI is InChI=1S/C27H36O14/c1-4-12-13(5-6-28)15(10-38-26(12)41-27-22(32)21(31)20(30)18(8-29)40-27)24(34)39-17-7-14-16(23(33)36-3)9-37-25(35)19(14)11(17)2/h4,6,10-14,16-22,26-27,29-32H,1,5,7-9H2,2-3H3/t11-,12+,13-,14+,16+,17-,18+,19+,20+,21-,22+,26-,27-/m0/s1. The van der Waals surface area contributed by atoms with E-state index in [1.807, 2.05) is 0 Å². The molecule has 4 N–H and O–H groups in total. The van der Waals surface area contributed by atoms with Crippen LogP contribution in [0.25, 0.3) is 0 Å². The molecule has 0 unspecified atom stereocenters. The molecule has 14 nitrogen and oxygen atoms in total. The fraction of sp³-hybridized carbons (Fsp3) is 0.704. The SMILES string of the molecule is C=C[C@H]1[C@H](O[C@@H]2O[C@H](CO)[C@@H](O)[C@H](O)[C@H]2O)OC=C(C(=O)O[C@H]2C[C@H]3[C@H](C(=O)OC[C@H]3C(=O)OC)[C@H]2C)[C@H]1CC=O. The Labute approximate surface area is 235 Å². The molecular formula is C27H36O14. The Balaban J connectivity index is 1.50. The van der Waals surface area contributed by atoms with Gasteiger partial charge in [-0.3, -0.25) is 9.59 Å². The summed E-state index contributed by atoms with van der Waals surface area (Å²) in [4.78, 5) is 49.8. The van der Waals surface area contributed by atoms with Crippen LogP contribution in [0.1, 0.15) is 19.8 Å². The van der Waals surface area contributed by atoms with Gasteiger partial charge in [-0.25, -0.2) is 4.79 Å². The highest BCUT2D eigenvalue weighted by Gasteiger charge is 2.55. The van der Waals surface area contributed by atoms with E-state index >= 15 is 0 Å². The first kappa shape index (κ1) is 31.1. The Morgan fingerprint density at radius 3 is 2.54 bits per heavy atom. The van der Waals surface area contributed by atoms with E-state index < -0.39 is 103 Å². The van der Waals surface area contributed by atoms with Gasteiger partial charge < -0.3 is 53.6 Å². The van der Waals surface area contributed by atoms with Crippen molar-refractivity contribution >= 4 is 24.2 Å². The van der Waals surface area contributed by atoms with Crippen molar-refractivity contribution in [2.45, 2.75) is 62.9 Å². The van der Waals surface area contributed by atoms with Crippen LogP contribution in [-0.2, 0) is 47.6 Å². The number of rotatable bonds is 9. The molecule has 14 heteroatoms. The van der Waals surface area contributed by atoms with Crippen LogP contribution in [0.4, 0.5) is 0 Å². The third-order valence-corrected chi connectivity index (χ3v) is 8.56. The third kappa shape index (κ3) is 5.90. The first-order valence-corrected chi connectivity index (χ1v) is 13.4. The number of carbonyl (C=O) groups excluding carboxylic acids is 4. The minimum Gasteiger partial charge on any atom is -0.471 e. The van der Waals surface area contributed by atoms with Crippen molar-refractivity contribution in [3.8, 4) is 0 Å². The summed E-state index contributed by atoms with van der Waals surface area (Å²) in [6, 6.07) is 0. The molecule has 228 valence electrons. The molecule has 0 aromatic heterocycles. The van der Waals surface area contributed by atoms with Gasteiger partial charge in [-0.1, -0.05) is 13.0 Å². The fourth-order valence-corrected chi connectivity index (χ4v) is 6.21. The van der Waals surface area contributed by atoms with Gasteiger partial charge in [0.15, 0.2) is 6.29 Å². The summed E-state index contributed by atoms with van der Waals surface area (Å²) in [6.45, 7) is 4.71. The third-order valence-electron chi connectivity index (χ3n) is 8.56. The van der Waals surface area contributed by atoms with Crippen LogP contribution in [0.2, 0.25) is 0 Å². The van der Waals surface area contributed by atoms with Gasteiger partial charge in [-0.15, -0.1) is 6.58 Å². The predicted octanol–water partition coefficient (Wildman–Crippen LogP) is -1.42. The first-order valence-electron chi connectivity index (χ1n) is 13.4. The molecule has 4 rings (SSSR count). The van der Waals surface area contributed by atoms with Crippen molar-refractivity contribution in [1.82, 2.24) is 0 Å². The molecule has 3 aliphatic heterocycles. The highest BCUT2D eigenvalue weighted by atomic mass is 16.8. The molecule has 13 atom stereocenters. The number of aldehydes is 1. The van der Waals surface area contributed by atoms with Gasteiger partial charge in [0.25, 0.3) is 0 Å². The second-order valence-corrected chi connectivity index (χ2v) is 10.7. The summed E-state index contributed by atoms with van der Waals surface area (Å²) in [6.07, 6.45) is -6.55. The summed E-state index contributed by atoms with van der Waals surface area (Å²) < 4.78 is 32.6. The second-order valence-electron chi connectivity index (χ2n) is 10.7. The smallest absolute Gasteiger partial charge is 0.337 e. The number of ether oxygens (including phenoxy) is 6. The summed E-state index contributed by atoms with van der Waals surface area (Å²) in [5.74, 6) is -5.68. The van der Waals surface area contributed by atoms with Crippen LogP contribution >= 0.6 is 0 Å². The molecule has 0 amide bonds. The normalized spacial score (nSPS) is 42.1. The number of esters is 3. The summed E-state index contributed by atoms with van der Waals surface area (Å²) in [5.41, 5.74) is 0.00446. The average Bonchev–Trinajstić information content (AvgIpc) is 3.29. The highest BCUT2D eigenvalue weighted by Crippen LogP contribution is 2.47. The van der Waals surface area contributed by atoms with Gasteiger partial charge in [0, 0.05) is 24.2 Å². The van der Waals surface area contributed by atoms with Crippen LogP contribution in [0, 0.1) is 35.5 Å². The van der Waals surface area contributed by atoms with E-state index in [2.05, 4.69) is 6.58 Å². The number of hydrogen-bond donors (Lipinski definition) is 4. The van der Waals surface area contributed by atoms with E-state index in [9.17, 15) is 39.6 Å². The van der Waals surface area contributed by atoms with Crippen molar-refractivity contribution in [1.29, 1.82) is 0 Å². The van der Waals surface area contributed by atoms with Crippen LogP contribution in [0.15, 0.2) is 24.5 Å². The van der Waals surface area contributed by atoms with Gasteiger partial charge in [0.05, 0.1) is 37.4 Å². The van der Waals surface area contributed by atoms with E-state index in [-0.39, 0.29) is 25.0 Å². The van der Waals surface area contributed by atoms with E-state index in [4.69, 9.17) is 28.4 Å². The second kappa shape index (κ2) is 13.0. The molecule has 1 saturated carbocycles. The van der Waals surface area contributed by atoms with Crippen molar-refractivity contribution in [2.75, 3.05) is 20.3 Å². The summed E-state index contributed by atoms with van der Waals surface area (Å²) in [7, 11) is 1.25. The number of hydrogen-bond acceptors (Lipinski definition) is 14. The van der Waals surface area contributed by atoms with Crippen molar-refractivity contribution < 1.29 is 68.0 Å². The van der Waals surface area contributed by atoms with E-state index in [1.54, 1.807) is 6.92 Å². The Morgan fingerprint density at radius 1 is 1.17 bits per heavy atom. The maximum atomic E-state index is 13.4. The molecule has 0 bridgehead atoms. The lowest BCUT2D eigenvalue weighted by Crippen LogP contribution is -2.60. The number of carbonyl (C=O) groups is 4. The maximum absolute atomic E-state index is 13.4. The zero-order chi connectivity index (χ0) is 30.0. The van der Waals surface area contributed by atoms with Crippen molar-refractivity contribution in [2.24, 2.45) is 35.5 Å². The minimum atomic E-state index is -1.70. The molecule has 0 aromatic carbocycles. The van der Waals surface area contributed by atoms with Gasteiger partial charge in [0.1, 0.15) is 43.4 Å².